The third kappa shape index (κ3) is 4.14. The lowest BCUT2D eigenvalue weighted by Crippen LogP contribution is -2.52. The van der Waals surface area contributed by atoms with Crippen LogP contribution < -0.4 is 19.7 Å². The van der Waals surface area contributed by atoms with Crippen LogP contribution in [0.4, 0.5) is 15.8 Å². The zero-order valence-corrected chi connectivity index (χ0v) is 18.0. The van der Waals surface area contributed by atoms with Crippen molar-refractivity contribution in [1.29, 1.82) is 0 Å². The first-order chi connectivity index (χ1) is 15.3. The molecule has 0 fully saturated rings. The number of nitrogens with one attached hydrogen (secondary N) is 1. The van der Waals surface area contributed by atoms with Gasteiger partial charge in [0.25, 0.3) is 11.8 Å². The minimum atomic E-state index is -1.08. The first-order valence-electron chi connectivity index (χ1n) is 10.1. The molecular formula is C25H23FN2O4. The Hall–Kier alpha value is -3.87. The van der Waals surface area contributed by atoms with E-state index in [1.165, 1.54) is 19.2 Å². The molecule has 32 heavy (non-hydrogen) atoms. The van der Waals surface area contributed by atoms with Crippen LogP contribution in [-0.4, -0.2) is 24.5 Å². The highest BCUT2D eigenvalue weighted by atomic mass is 19.1. The number of fused-ring (bicyclic) bond motifs is 1. The molecule has 1 N–H and O–H groups in total. The standard InChI is InChI=1S/C25H23FN2O4/c1-25(2)24(30)28(15-16-8-11-18(26)12-9-16)20-14-17(10-13-22(20)32-25)23(29)27-19-6-4-5-7-21(19)31-3/h4-14H,15H2,1-3H3,(H,27,29). The van der Waals surface area contributed by atoms with Crippen LogP contribution in [-0.2, 0) is 11.3 Å². The minimum absolute atomic E-state index is 0.219. The van der Waals surface area contributed by atoms with E-state index in [4.69, 9.17) is 9.47 Å². The average Bonchev–Trinajstić information content (AvgIpc) is 2.78. The van der Waals surface area contributed by atoms with Crippen LogP contribution in [0.25, 0.3) is 0 Å². The van der Waals surface area contributed by atoms with Crippen molar-refractivity contribution in [2.45, 2.75) is 26.0 Å². The monoisotopic (exact) mass is 434 g/mol. The van der Waals surface area contributed by atoms with Gasteiger partial charge in [-0.15, -0.1) is 0 Å². The van der Waals surface area contributed by atoms with Crippen LogP contribution in [0.15, 0.2) is 66.7 Å². The molecule has 0 aliphatic carbocycles. The van der Waals surface area contributed by atoms with E-state index in [1.807, 2.05) is 6.07 Å². The van der Waals surface area contributed by atoms with Gasteiger partial charge in [0, 0.05) is 5.56 Å². The van der Waals surface area contributed by atoms with E-state index in [9.17, 15) is 14.0 Å². The highest BCUT2D eigenvalue weighted by molar-refractivity contribution is 6.08. The van der Waals surface area contributed by atoms with Gasteiger partial charge in [0.15, 0.2) is 5.60 Å². The van der Waals surface area contributed by atoms with E-state index < -0.39 is 5.60 Å². The van der Waals surface area contributed by atoms with Crippen molar-refractivity contribution >= 4 is 23.2 Å². The Morgan fingerprint density at radius 1 is 1.09 bits per heavy atom. The Morgan fingerprint density at radius 2 is 1.81 bits per heavy atom. The first-order valence-corrected chi connectivity index (χ1v) is 10.1. The number of anilines is 2. The second-order valence-electron chi connectivity index (χ2n) is 7.97. The number of carbonyl (C=O) groups excluding carboxylic acids is 2. The number of amides is 2. The second-order valence-corrected chi connectivity index (χ2v) is 7.97. The summed E-state index contributed by atoms with van der Waals surface area (Å²) < 4.78 is 24.5. The molecule has 6 nitrogen and oxygen atoms in total. The van der Waals surface area contributed by atoms with Gasteiger partial charge in [0.1, 0.15) is 17.3 Å². The lowest BCUT2D eigenvalue weighted by molar-refractivity contribution is -0.132. The summed E-state index contributed by atoms with van der Waals surface area (Å²) in [4.78, 5) is 27.6. The Labute approximate surface area is 185 Å². The molecular weight excluding hydrogens is 411 g/mol. The maximum Gasteiger partial charge on any atom is 0.271 e. The molecule has 0 bridgehead atoms. The molecule has 0 spiro atoms. The van der Waals surface area contributed by atoms with Gasteiger partial charge in [0.05, 0.1) is 25.0 Å². The number of hydrogen-bond acceptors (Lipinski definition) is 4. The highest BCUT2D eigenvalue weighted by Gasteiger charge is 2.41. The zero-order chi connectivity index (χ0) is 22.9. The molecule has 164 valence electrons. The molecule has 0 saturated heterocycles. The van der Waals surface area contributed by atoms with E-state index >= 15 is 0 Å². The summed E-state index contributed by atoms with van der Waals surface area (Å²) in [7, 11) is 1.53. The molecule has 1 aliphatic heterocycles. The largest absolute Gasteiger partial charge is 0.495 e. The molecule has 7 heteroatoms. The first kappa shape index (κ1) is 21.4. The zero-order valence-electron chi connectivity index (χ0n) is 18.0. The van der Waals surface area contributed by atoms with Gasteiger partial charge < -0.3 is 19.7 Å². The minimum Gasteiger partial charge on any atom is -0.495 e. The number of nitrogens with zero attached hydrogens (tertiary/aromatic N) is 1. The molecule has 0 aromatic heterocycles. The topological polar surface area (TPSA) is 67.9 Å². The average molecular weight is 434 g/mol. The van der Waals surface area contributed by atoms with Crippen LogP contribution in [0, 0.1) is 5.82 Å². The normalized spacial score (nSPS) is 14.4. The summed E-state index contributed by atoms with van der Waals surface area (Å²) in [6, 6.07) is 18.0. The fourth-order valence-corrected chi connectivity index (χ4v) is 3.58. The second kappa shape index (κ2) is 8.34. The van der Waals surface area contributed by atoms with Gasteiger partial charge in [-0.2, -0.15) is 0 Å². The fourth-order valence-electron chi connectivity index (χ4n) is 3.58. The number of hydrogen-bond donors (Lipinski definition) is 1. The molecule has 0 saturated carbocycles. The summed E-state index contributed by atoms with van der Waals surface area (Å²) in [5.41, 5.74) is 1.05. The molecule has 3 aromatic rings. The Bertz CT molecular complexity index is 1170. The molecule has 0 radical (unpaired) electrons. The van der Waals surface area contributed by atoms with Crippen molar-refractivity contribution < 1.29 is 23.5 Å². The molecule has 1 heterocycles. The van der Waals surface area contributed by atoms with Gasteiger partial charge in [0.2, 0.25) is 0 Å². The van der Waals surface area contributed by atoms with Gasteiger partial charge in [-0.25, -0.2) is 4.39 Å². The third-order valence-electron chi connectivity index (χ3n) is 5.25. The van der Waals surface area contributed by atoms with Gasteiger partial charge in [-0.05, 0) is 61.9 Å². The smallest absolute Gasteiger partial charge is 0.271 e. The summed E-state index contributed by atoms with van der Waals surface area (Å²) in [5.74, 6) is 0.0774. The van der Waals surface area contributed by atoms with Crippen LogP contribution in [0.3, 0.4) is 0 Å². The number of carbonyl (C=O) groups is 2. The van der Waals surface area contributed by atoms with Crippen LogP contribution >= 0.6 is 0 Å². The summed E-state index contributed by atoms with van der Waals surface area (Å²) in [5, 5.41) is 2.83. The van der Waals surface area contributed by atoms with Crippen molar-refractivity contribution in [2.75, 3.05) is 17.3 Å². The van der Waals surface area contributed by atoms with E-state index in [0.717, 1.165) is 5.56 Å². The lowest BCUT2D eigenvalue weighted by atomic mass is 10.0. The van der Waals surface area contributed by atoms with Crippen LogP contribution in [0.2, 0.25) is 0 Å². The van der Waals surface area contributed by atoms with E-state index in [-0.39, 0.29) is 24.2 Å². The number of rotatable bonds is 5. The van der Waals surface area contributed by atoms with Crippen molar-refractivity contribution in [3.8, 4) is 11.5 Å². The number of ether oxygens (including phenoxy) is 2. The van der Waals surface area contributed by atoms with Crippen molar-refractivity contribution in [3.63, 3.8) is 0 Å². The predicted molar refractivity (Wildman–Crippen MR) is 120 cm³/mol. The number of methoxy groups -OCH3 is 1. The SMILES string of the molecule is COc1ccccc1NC(=O)c1ccc2c(c1)N(Cc1ccc(F)cc1)C(=O)C(C)(C)O2. The van der Waals surface area contributed by atoms with Crippen molar-refractivity contribution in [2.24, 2.45) is 0 Å². The van der Waals surface area contributed by atoms with E-state index in [0.29, 0.717) is 28.4 Å². The van der Waals surface area contributed by atoms with Crippen molar-refractivity contribution in [3.05, 3.63) is 83.7 Å². The molecule has 1 aliphatic rings. The number of benzene rings is 3. The van der Waals surface area contributed by atoms with Gasteiger partial charge in [-0.3, -0.25) is 9.59 Å². The Balaban J connectivity index is 1.68. The number of para-hydroxylation sites is 2. The maximum atomic E-state index is 13.3. The summed E-state index contributed by atoms with van der Waals surface area (Å²) >= 11 is 0. The fraction of sp³-hybridized carbons (Fsp3) is 0.200. The molecule has 2 amide bonds. The predicted octanol–water partition coefficient (Wildman–Crippen LogP) is 4.79. The lowest BCUT2D eigenvalue weighted by Gasteiger charge is -2.39. The Morgan fingerprint density at radius 3 is 2.53 bits per heavy atom. The Kier molecular flexibility index (Phi) is 5.57. The highest BCUT2D eigenvalue weighted by Crippen LogP contribution is 2.39. The number of halogens is 1. The maximum absolute atomic E-state index is 13.3. The molecule has 4 rings (SSSR count). The molecule has 0 atom stereocenters. The van der Waals surface area contributed by atoms with Gasteiger partial charge in [-0.1, -0.05) is 24.3 Å². The van der Waals surface area contributed by atoms with E-state index in [1.54, 1.807) is 67.3 Å². The van der Waals surface area contributed by atoms with Crippen LogP contribution in [0.5, 0.6) is 11.5 Å². The summed E-state index contributed by atoms with van der Waals surface area (Å²) in [6.45, 7) is 3.60. The third-order valence-corrected chi connectivity index (χ3v) is 5.25. The van der Waals surface area contributed by atoms with Crippen LogP contribution in [0.1, 0.15) is 29.8 Å². The van der Waals surface area contributed by atoms with Crippen molar-refractivity contribution in [1.82, 2.24) is 0 Å². The quantitative estimate of drug-likeness (QED) is 0.627. The van der Waals surface area contributed by atoms with Gasteiger partial charge >= 0.3 is 0 Å². The summed E-state index contributed by atoms with van der Waals surface area (Å²) in [6.07, 6.45) is 0. The molecule has 3 aromatic carbocycles. The molecule has 0 unspecified atom stereocenters. The van der Waals surface area contributed by atoms with E-state index in [2.05, 4.69) is 5.32 Å².